The van der Waals surface area contributed by atoms with Crippen LogP contribution in [0.5, 0.6) is 0 Å². The summed E-state index contributed by atoms with van der Waals surface area (Å²) in [6.07, 6.45) is 3.73. The van der Waals surface area contributed by atoms with Crippen LogP contribution in [0.2, 0.25) is 0 Å². The zero-order chi connectivity index (χ0) is 17.1. The number of aromatic nitrogens is 1. The van der Waals surface area contributed by atoms with Crippen molar-refractivity contribution in [2.24, 2.45) is 0 Å². The number of thiazole rings is 1. The van der Waals surface area contributed by atoms with Crippen LogP contribution in [0.4, 0.5) is 9.93 Å². The first-order valence-electron chi connectivity index (χ1n) is 8.65. The normalized spacial score (nSPS) is 17.4. The lowest BCUT2D eigenvalue weighted by Crippen LogP contribution is -2.47. The smallest absolute Gasteiger partial charge is 0.315 e. The molecule has 3 heterocycles. The number of hydrogen-bond acceptors (Lipinski definition) is 5. The van der Waals surface area contributed by atoms with Crippen LogP contribution in [-0.2, 0) is 24.5 Å². The van der Waals surface area contributed by atoms with Crippen LogP contribution in [0.1, 0.15) is 29.5 Å². The molecule has 0 saturated carbocycles. The summed E-state index contributed by atoms with van der Waals surface area (Å²) in [5.74, 6) is 0. The van der Waals surface area contributed by atoms with Gasteiger partial charge in [0.25, 0.3) is 0 Å². The highest BCUT2D eigenvalue weighted by Crippen LogP contribution is 2.22. The molecule has 2 amide bonds. The van der Waals surface area contributed by atoms with Crippen LogP contribution >= 0.6 is 11.3 Å². The van der Waals surface area contributed by atoms with Crippen LogP contribution in [0.25, 0.3) is 0 Å². The second-order valence-corrected chi connectivity index (χ2v) is 7.37. The topological polar surface area (TPSA) is 66.5 Å². The average molecular weight is 358 g/mol. The van der Waals surface area contributed by atoms with Crippen LogP contribution in [0.3, 0.4) is 0 Å². The van der Waals surface area contributed by atoms with Crippen molar-refractivity contribution in [2.45, 2.75) is 38.6 Å². The van der Waals surface area contributed by atoms with Crippen molar-refractivity contribution in [2.75, 3.05) is 18.0 Å². The molecule has 1 aromatic heterocycles. The van der Waals surface area contributed by atoms with Crippen molar-refractivity contribution >= 4 is 22.5 Å². The van der Waals surface area contributed by atoms with Gasteiger partial charge in [-0.25, -0.2) is 9.78 Å². The number of nitrogens with zero attached hydrogens (tertiary/aromatic N) is 2. The van der Waals surface area contributed by atoms with E-state index in [-0.39, 0.29) is 12.1 Å². The maximum absolute atomic E-state index is 12.2. The summed E-state index contributed by atoms with van der Waals surface area (Å²) in [5.41, 5.74) is 3.59. The number of amides is 2. The minimum Gasteiger partial charge on any atom is -0.372 e. The Morgan fingerprint density at radius 1 is 1.28 bits per heavy atom. The van der Waals surface area contributed by atoms with E-state index in [2.05, 4.69) is 38.7 Å². The highest BCUT2D eigenvalue weighted by Gasteiger charge is 2.22. The number of nitrogens with one attached hydrogen (secondary N) is 2. The summed E-state index contributed by atoms with van der Waals surface area (Å²) >= 11 is 1.66. The van der Waals surface area contributed by atoms with Gasteiger partial charge in [0.1, 0.15) is 0 Å². The molecule has 25 heavy (non-hydrogen) atoms. The number of rotatable bonds is 4. The lowest BCUT2D eigenvalue weighted by molar-refractivity contribution is 0.134. The molecule has 2 aromatic rings. The maximum Gasteiger partial charge on any atom is 0.315 e. The fourth-order valence-electron chi connectivity index (χ4n) is 3.34. The second-order valence-electron chi connectivity index (χ2n) is 6.50. The zero-order valence-electron chi connectivity index (χ0n) is 14.0. The van der Waals surface area contributed by atoms with Gasteiger partial charge in [-0.3, -0.25) is 0 Å². The molecule has 0 aliphatic carbocycles. The third kappa shape index (κ3) is 3.93. The predicted molar refractivity (Wildman–Crippen MR) is 97.7 cm³/mol. The number of ether oxygens (including phenoxy) is 1. The second kappa shape index (κ2) is 7.41. The monoisotopic (exact) mass is 358 g/mol. The van der Waals surface area contributed by atoms with Crippen molar-refractivity contribution in [1.29, 1.82) is 0 Å². The molecule has 4 rings (SSSR count). The molecule has 2 aliphatic heterocycles. The largest absolute Gasteiger partial charge is 0.372 e. The van der Waals surface area contributed by atoms with E-state index in [1.54, 1.807) is 11.3 Å². The van der Waals surface area contributed by atoms with Gasteiger partial charge in [-0.1, -0.05) is 18.2 Å². The minimum atomic E-state index is -0.0931. The predicted octanol–water partition coefficient (Wildman–Crippen LogP) is 2.64. The highest BCUT2D eigenvalue weighted by molar-refractivity contribution is 7.13. The fraction of sp³-hybridized carbons (Fsp3) is 0.444. The molecule has 0 spiro atoms. The quantitative estimate of drug-likeness (QED) is 0.882. The number of anilines is 1. The Morgan fingerprint density at radius 3 is 2.92 bits per heavy atom. The molecule has 0 radical (unpaired) electrons. The summed E-state index contributed by atoms with van der Waals surface area (Å²) in [7, 11) is 0. The van der Waals surface area contributed by atoms with Gasteiger partial charge in [0.2, 0.25) is 0 Å². The molecular formula is C18H22N4O2S. The number of carbonyl (C=O) groups excluding carboxylic acids is 1. The van der Waals surface area contributed by atoms with E-state index in [9.17, 15) is 4.79 Å². The van der Waals surface area contributed by atoms with Crippen molar-refractivity contribution in [1.82, 2.24) is 15.6 Å². The minimum absolute atomic E-state index is 0.0931. The zero-order valence-corrected chi connectivity index (χ0v) is 14.8. The molecule has 1 saturated heterocycles. The molecule has 132 valence electrons. The lowest BCUT2D eigenvalue weighted by Gasteiger charge is -2.32. The van der Waals surface area contributed by atoms with Gasteiger partial charge in [0.15, 0.2) is 5.13 Å². The van der Waals surface area contributed by atoms with Gasteiger partial charge in [-0.15, -0.1) is 11.3 Å². The van der Waals surface area contributed by atoms with Crippen molar-refractivity contribution in [3.05, 3.63) is 46.5 Å². The van der Waals surface area contributed by atoms with Gasteiger partial charge in [0, 0.05) is 37.3 Å². The molecule has 0 atom stereocenters. The van der Waals surface area contributed by atoms with Crippen molar-refractivity contribution in [3.63, 3.8) is 0 Å². The first kappa shape index (κ1) is 16.4. The van der Waals surface area contributed by atoms with Crippen LogP contribution in [0.15, 0.2) is 29.8 Å². The number of piperidine rings is 1. The molecule has 2 aliphatic rings. The Labute approximate surface area is 151 Å². The maximum atomic E-state index is 12.2. The summed E-state index contributed by atoms with van der Waals surface area (Å²) in [6.45, 7) is 3.78. The SMILES string of the molecule is O=C(NCc1ccc2c(c1)COC2)NC1CCN(c2nccs2)CC1. The highest BCUT2D eigenvalue weighted by atomic mass is 32.1. The first-order valence-corrected chi connectivity index (χ1v) is 9.53. The van der Waals surface area contributed by atoms with E-state index in [0.717, 1.165) is 36.6 Å². The number of hydrogen-bond donors (Lipinski definition) is 2. The summed E-state index contributed by atoms with van der Waals surface area (Å²) in [5, 5.41) is 9.12. The lowest BCUT2D eigenvalue weighted by atomic mass is 10.1. The van der Waals surface area contributed by atoms with Crippen LogP contribution in [0, 0.1) is 0 Å². The standard InChI is InChI=1S/C18H22N4O2S/c23-17(20-10-13-1-2-14-11-24-12-15(14)9-13)21-16-3-6-22(7-4-16)18-19-5-8-25-18/h1-2,5,8-9,16H,3-4,6-7,10-12H2,(H2,20,21,23). The Kier molecular flexibility index (Phi) is 4.85. The Balaban J connectivity index is 1.22. The molecule has 2 N–H and O–H groups in total. The third-order valence-electron chi connectivity index (χ3n) is 4.76. The van der Waals surface area contributed by atoms with Gasteiger partial charge in [0.05, 0.1) is 13.2 Å². The van der Waals surface area contributed by atoms with Gasteiger partial charge in [-0.2, -0.15) is 0 Å². The summed E-state index contributed by atoms with van der Waals surface area (Å²) < 4.78 is 5.42. The first-order chi connectivity index (χ1) is 12.3. The Morgan fingerprint density at radius 2 is 2.12 bits per heavy atom. The van der Waals surface area contributed by atoms with Crippen molar-refractivity contribution in [3.8, 4) is 0 Å². The number of benzene rings is 1. The molecular weight excluding hydrogens is 336 g/mol. The Bertz CT molecular complexity index is 727. The van der Waals surface area contributed by atoms with E-state index in [1.807, 2.05) is 11.6 Å². The van der Waals surface area contributed by atoms with Gasteiger partial charge in [-0.05, 0) is 29.5 Å². The fourth-order valence-corrected chi connectivity index (χ4v) is 4.04. The average Bonchev–Trinajstić information content (AvgIpc) is 3.32. The molecule has 0 bridgehead atoms. The number of fused-ring (bicyclic) bond motifs is 1. The molecule has 0 unspecified atom stereocenters. The molecule has 1 fully saturated rings. The van der Waals surface area contributed by atoms with Gasteiger partial charge < -0.3 is 20.3 Å². The van der Waals surface area contributed by atoms with Crippen molar-refractivity contribution < 1.29 is 9.53 Å². The van der Waals surface area contributed by atoms with E-state index in [4.69, 9.17) is 4.74 Å². The van der Waals surface area contributed by atoms with Crippen LogP contribution < -0.4 is 15.5 Å². The van der Waals surface area contributed by atoms with Crippen LogP contribution in [-0.4, -0.2) is 30.1 Å². The van der Waals surface area contributed by atoms with Gasteiger partial charge >= 0.3 is 6.03 Å². The third-order valence-corrected chi connectivity index (χ3v) is 5.59. The van der Waals surface area contributed by atoms with E-state index in [0.29, 0.717) is 19.8 Å². The Hall–Kier alpha value is -2.12. The number of carbonyl (C=O) groups is 1. The summed E-state index contributed by atoms with van der Waals surface area (Å²) in [4.78, 5) is 18.8. The molecule has 1 aromatic carbocycles. The van der Waals surface area contributed by atoms with E-state index < -0.39 is 0 Å². The number of urea groups is 1. The van der Waals surface area contributed by atoms with E-state index >= 15 is 0 Å². The van der Waals surface area contributed by atoms with E-state index in [1.165, 1.54) is 11.1 Å². The summed E-state index contributed by atoms with van der Waals surface area (Å²) in [6, 6.07) is 6.40. The molecule has 7 heteroatoms. The molecule has 6 nitrogen and oxygen atoms in total.